The van der Waals surface area contributed by atoms with Crippen molar-refractivity contribution in [3.63, 3.8) is 0 Å². The van der Waals surface area contributed by atoms with Crippen molar-refractivity contribution in [2.75, 3.05) is 5.32 Å². The van der Waals surface area contributed by atoms with Gasteiger partial charge in [0, 0.05) is 28.3 Å². The number of fused-ring (bicyclic) bond motifs is 1. The summed E-state index contributed by atoms with van der Waals surface area (Å²) in [6.07, 6.45) is 6.46. The smallest absolute Gasteiger partial charge is 0.404 e. The zero-order valence-electron chi connectivity index (χ0n) is 17.0. The van der Waals surface area contributed by atoms with Crippen molar-refractivity contribution in [1.82, 2.24) is 15.3 Å². The maximum absolute atomic E-state index is 13.1. The molecule has 0 saturated heterocycles. The Bertz CT molecular complexity index is 1140. The van der Waals surface area contributed by atoms with Gasteiger partial charge in [-0.3, -0.25) is 14.8 Å². The van der Waals surface area contributed by atoms with Crippen LogP contribution in [0, 0.1) is 5.92 Å². The maximum Gasteiger partial charge on any atom is 0.404 e. The van der Waals surface area contributed by atoms with Gasteiger partial charge in [0.05, 0.1) is 23.0 Å². The number of hydrogen-bond donors (Lipinski definition) is 3. The van der Waals surface area contributed by atoms with E-state index in [0.29, 0.717) is 29.1 Å². The zero-order valence-corrected chi connectivity index (χ0v) is 18.6. The number of nitrogens with one attached hydrogen (secondary N) is 2. The third-order valence-corrected chi connectivity index (χ3v) is 6.17. The highest BCUT2D eigenvalue weighted by Gasteiger charge is 2.30. The van der Waals surface area contributed by atoms with Crippen LogP contribution < -0.4 is 10.6 Å². The van der Waals surface area contributed by atoms with Crippen molar-refractivity contribution in [2.45, 2.75) is 38.1 Å². The van der Waals surface area contributed by atoms with Gasteiger partial charge in [0.2, 0.25) is 0 Å². The van der Waals surface area contributed by atoms with E-state index in [9.17, 15) is 9.59 Å². The minimum Gasteiger partial charge on any atom is -0.465 e. The number of para-hydroxylation sites is 1. The topological polar surface area (TPSA) is 104 Å². The molecule has 31 heavy (non-hydrogen) atoms. The summed E-state index contributed by atoms with van der Waals surface area (Å²) in [5, 5.41) is 15.6. The summed E-state index contributed by atoms with van der Waals surface area (Å²) < 4.78 is 0.850. The van der Waals surface area contributed by atoms with Crippen molar-refractivity contribution in [3.05, 3.63) is 64.5 Å². The molecular weight excluding hydrogens is 460 g/mol. The second-order valence-electron chi connectivity index (χ2n) is 8.10. The van der Waals surface area contributed by atoms with Crippen molar-refractivity contribution < 1.29 is 14.7 Å². The second-order valence-corrected chi connectivity index (χ2v) is 9.02. The lowest BCUT2D eigenvalue weighted by atomic mass is 9.76. The van der Waals surface area contributed by atoms with Gasteiger partial charge < -0.3 is 15.7 Å². The van der Waals surface area contributed by atoms with Gasteiger partial charge in [0.1, 0.15) is 0 Å². The first-order chi connectivity index (χ1) is 14.9. The molecule has 1 fully saturated rings. The fourth-order valence-electron chi connectivity index (χ4n) is 4.52. The average Bonchev–Trinajstić information content (AvgIpc) is 2.72. The van der Waals surface area contributed by atoms with Crippen LogP contribution in [0.1, 0.15) is 48.0 Å². The van der Waals surface area contributed by atoms with Crippen molar-refractivity contribution in [2.24, 2.45) is 5.92 Å². The molecule has 2 heterocycles. The van der Waals surface area contributed by atoms with Gasteiger partial charge in [-0.2, -0.15) is 0 Å². The standard InChI is InChI=1S/C23H23BrN4O3/c1-13-7-15(10-17(8-13)27-23(30)31)18-5-6-25-12-20(18)28-22(29)19-4-2-3-14-9-16(24)11-26-21(14)19/h2-6,9,11-13,15,17,27H,7-8,10H2,1H3,(H,28,29)(H,30,31)/t13-,15+,17-/m0/s1. The van der Waals surface area contributed by atoms with Gasteiger partial charge in [-0.25, -0.2) is 4.79 Å². The van der Waals surface area contributed by atoms with Crippen LogP contribution in [0.4, 0.5) is 10.5 Å². The van der Waals surface area contributed by atoms with E-state index in [1.165, 1.54) is 0 Å². The molecule has 1 aromatic carbocycles. The summed E-state index contributed by atoms with van der Waals surface area (Å²) in [5.41, 5.74) is 2.74. The molecule has 7 nitrogen and oxygen atoms in total. The van der Waals surface area contributed by atoms with Crippen molar-refractivity contribution in [1.29, 1.82) is 0 Å². The highest BCUT2D eigenvalue weighted by atomic mass is 79.9. The van der Waals surface area contributed by atoms with Gasteiger partial charge in [0.25, 0.3) is 5.91 Å². The van der Waals surface area contributed by atoms with Crippen LogP contribution in [0.25, 0.3) is 10.9 Å². The minimum absolute atomic E-state index is 0.108. The summed E-state index contributed by atoms with van der Waals surface area (Å²) in [5.74, 6) is 0.243. The van der Waals surface area contributed by atoms with E-state index in [2.05, 4.69) is 43.5 Å². The van der Waals surface area contributed by atoms with Gasteiger partial charge >= 0.3 is 6.09 Å². The number of hydrogen-bond acceptors (Lipinski definition) is 4. The molecule has 0 unspecified atom stereocenters. The minimum atomic E-state index is -1.00. The third-order valence-electron chi connectivity index (χ3n) is 5.74. The number of amides is 2. The Hall–Kier alpha value is -3.00. The zero-order chi connectivity index (χ0) is 22.0. The molecule has 0 spiro atoms. The third kappa shape index (κ3) is 4.85. The number of anilines is 1. The molecule has 8 heteroatoms. The molecular formula is C23H23BrN4O3. The predicted octanol–water partition coefficient (Wildman–Crippen LogP) is 5.18. The molecule has 3 N–H and O–H groups in total. The van der Waals surface area contributed by atoms with Gasteiger partial charge in [-0.1, -0.05) is 19.1 Å². The van der Waals surface area contributed by atoms with E-state index in [4.69, 9.17) is 5.11 Å². The van der Waals surface area contributed by atoms with Crippen LogP contribution in [0.3, 0.4) is 0 Å². The number of rotatable bonds is 4. The van der Waals surface area contributed by atoms with E-state index < -0.39 is 6.09 Å². The highest BCUT2D eigenvalue weighted by Crippen LogP contribution is 2.39. The number of carboxylic acid groups (broad SMARTS) is 1. The van der Waals surface area contributed by atoms with E-state index in [1.54, 1.807) is 24.7 Å². The Morgan fingerprint density at radius 1 is 1.16 bits per heavy atom. The van der Waals surface area contributed by atoms with Crippen LogP contribution in [-0.4, -0.2) is 33.1 Å². The lowest BCUT2D eigenvalue weighted by Gasteiger charge is -2.34. The first-order valence-corrected chi connectivity index (χ1v) is 11.0. The second kappa shape index (κ2) is 9.01. The quantitative estimate of drug-likeness (QED) is 0.474. The summed E-state index contributed by atoms with van der Waals surface area (Å²) in [7, 11) is 0. The molecule has 160 valence electrons. The van der Waals surface area contributed by atoms with Gasteiger partial charge in [-0.05, 0) is 70.8 Å². The molecule has 0 aliphatic heterocycles. The molecule has 1 aliphatic rings. The number of benzene rings is 1. The maximum atomic E-state index is 13.1. The summed E-state index contributed by atoms with van der Waals surface area (Å²) in [4.78, 5) is 32.9. The molecule has 3 atom stereocenters. The predicted molar refractivity (Wildman–Crippen MR) is 122 cm³/mol. The first-order valence-electron chi connectivity index (χ1n) is 10.2. The molecule has 1 aliphatic carbocycles. The van der Waals surface area contributed by atoms with Crippen LogP contribution in [0.5, 0.6) is 0 Å². The van der Waals surface area contributed by atoms with Gasteiger partial charge in [-0.15, -0.1) is 0 Å². The highest BCUT2D eigenvalue weighted by molar-refractivity contribution is 9.10. The lowest BCUT2D eigenvalue weighted by Crippen LogP contribution is -2.39. The van der Waals surface area contributed by atoms with Crippen LogP contribution in [0.2, 0.25) is 0 Å². The Labute approximate surface area is 188 Å². The fraction of sp³-hybridized carbons (Fsp3) is 0.304. The average molecular weight is 483 g/mol. The summed E-state index contributed by atoms with van der Waals surface area (Å²) in [6, 6.07) is 9.23. The van der Waals surface area contributed by atoms with Crippen molar-refractivity contribution in [3.8, 4) is 0 Å². The molecule has 2 aromatic heterocycles. The Morgan fingerprint density at radius 3 is 2.81 bits per heavy atom. The van der Waals surface area contributed by atoms with E-state index in [-0.39, 0.29) is 17.9 Å². The SMILES string of the molecule is C[C@@H]1C[C@H](NC(=O)O)C[C@H](c2ccncc2NC(=O)c2cccc3cc(Br)cnc23)C1. The van der Waals surface area contributed by atoms with E-state index >= 15 is 0 Å². The number of nitrogens with zero attached hydrogens (tertiary/aromatic N) is 2. The van der Waals surface area contributed by atoms with E-state index in [1.807, 2.05) is 24.3 Å². The Morgan fingerprint density at radius 2 is 2.00 bits per heavy atom. The first kappa shape index (κ1) is 21.2. The van der Waals surface area contributed by atoms with Crippen LogP contribution >= 0.6 is 15.9 Å². The number of pyridine rings is 2. The molecule has 3 aromatic rings. The fourth-order valence-corrected chi connectivity index (χ4v) is 4.87. The van der Waals surface area contributed by atoms with E-state index in [0.717, 1.165) is 28.3 Å². The number of aromatic nitrogens is 2. The largest absolute Gasteiger partial charge is 0.465 e. The molecule has 0 bridgehead atoms. The Kier molecular flexibility index (Phi) is 6.18. The summed E-state index contributed by atoms with van der Waals surface area (Å²) >= 11 is 3.41. The monoisotopic (exact) mass is 482 g/mol. The number of carbonyl (C=O) groups excluding carboxylic acids is 1. The lowest BCUT2D eigenvalue weighted by molar-refractivity contribution is 0.102. The molecule has 4 rings (SSSR count). The molecule has 2 amide bonds. The summed E-state index contributed by atoms with van der Waals surface area (Å²) in [6.45, 7) is 2.13. The van der Waals surface area contributed by atoms with Crippen molar-refractivity contribution >= 4 is 44.5 Å². The van der Waals surface area contributed by atoms with Crippen LogP contribution in [0.15, 0.2) is 53.4 Å². The number of halogens is 1. The normalized spacial score (nSPS) is 20.9. The number of carbonyl (C=O) groups is 2. The van der Waals surface area contributed by atoms with Gasteiger partial charge in [0.15, 0.2) is 0 Å². The molecule has 1 saturated carbocycles. The Balaban J connectivity index is 1.61. The molecule has 0 radical (unpaired) electrons. The van der Waals surface area contributed by atoms with Crippen LogP contribution in [-0.2, 0) is 0 Å².